The van der Waals surface area contributed by atoms with Crippen LogP contribution >= 0.6 is 0 Å². The minimum atomic E-state index is -0.713. The highest BCUT2D eigenvalue weighted by Crippen LogP contribution is 2.38. The van der Waals surface area contributed by atoms with Crippen molar-refractivity contribution >= 4 is 29.0 Å². The van der Waals surface area contributed by atoms with Crippen LogP contribution in [0, 0.1) is 12.7 Å². The van der Waals surface area contributed by atoms with Gasteiger partial charge < -0.3 is 24.4 Å². The predicted molar refractivity (Wildman–Crippen MR) is 146 cm³/mol. The molecule has 0 saturated carbocycles. The quantitative estimate of drug-likeness (QED) is 0.312. The van der Waals surface area contributed by atoms with Gasteiger partial charge in [0, 0.05) is 49.7 Å². The smallest absolute Gasteiger partial charge is 0.298 e. The van der Waals surface area contributed by atoms with E-state index in [-0.39, 0.29) is 6.04 Å². The van der Waals surface area contributed by atoms with Crippen molar-refractivity contribution in [3.63, 3.8) is 0 Å². The van der Waals surface area contributed by atoms with E-state index in [9.17, 15) is 14.0 Å². The summed E-state index contributed by atoms with van der Waals surface area (Å²) in [5.74, 6) is -0.652. The molecule has 10 heteroatoms. The second-order valence-corrected chi connectivity index (χ2v) is 9.74. The SMILES string of the molecule is Cc1cc(-c2ccccc2)c(C(=O)C(=O)Nc2ccc3c(c2)OCC2CN(c4ncc(F)cn4)CCN32)n1C. The van der Waals surface area contributed by atoms with Gasteiger partial charge in [-0.15, -0.1) is 0 Å². The van der Waals surface area contributed by atoms with Crippen molar-refractivity contribution in [3.8, 4) is 16.9 Å². The van der Waals surface area contributed by atoms with Crippen molar-refractivity contribution < 1.29 is 18.7 Å². The van der Waals surface area contributed by atoms with Gasteiger partial charge in [0.05, 0.1) is 24.1 Å². The lowest BCUT2D eigenvalue weighted by molar-refractivity contribution is -0.112. The molecule has 39 heavy (non-hydrogen) atoms. The van der Waals surface area contributed by atoms with E-state index in [1.807, 2.05) is 54.3 Å². The summed E-state index contributed by atoms with van der Waals surface area (Å²) in [5.41, 5.74) is 4.22. The number of rotatable bonds is 5. The number of aryl methyl sites for hydroxylation is 1. The highest BCUT2D eigenvalue weighted by atomic mass is 19.1. The van der Waals surface area contributed by atoms with Crippen LogP contribution in [0.25, 0.3) is 11.1 Å². The van der Waals surface area contributed by atoms with Crippen LogP contribution in [0.15, 0.2) is 67.0 Å². The molecule has 2 aliphatic rings. The molecule has 0 radical (unpaired) electrons. The Hall–Kier alpha value is -4.73. The van der Waals surface area contributed by atoms with Crippen molar-refractivity contribution in [3.05, 3.63) is 84.2 Å². The number of benzene rings is 2. The van der Waals surface area contributed by atoms with E-state index in [0.29, 0.717) is 49.3 Å². The van der Waals surface area contributed by atoms with E-state index in [2.05, 4.69) is 20.2 Å². The number of ether oxygens (including phenoxy) is 1. The van der Waals surface area contributed by atoms with Gasteiger partial charge in [-0.2, -0.15) is 0 Å². The number of carbonyl (C=O) groups excluding carboxylic acids is 2. The Morgan fingerprint density at radius 2 is 1.82 bits per heavy atom. The molecule has 1 N–H and O–H groups in total. The van der Waals surface area contributed by atoms with Crippen molar-refractivity contribution in [1.29, 1.82) is 0 Å². The average molecular weight is 527 g/mol. The Bertz CT molecular complexity index is 1550. The fourth-order valence-corrected chi connectivity index (χ4v) is 5.24. The van der Waals surface area contributed by atoms with Crippen LogP contribution in [-0.2, 0) is 11.8 Å². The minimum Gasteiger partial charge on any atom is -0.489 e. The van der Waals surface area contributed by atoms with Gasteiger partial charge in [0.25, 0.3) is 11.7 Å². The Labute approximate surface area is 224 Å². The number of amides is 1. The number of hydrogen-bond donors (Lipinski definition) is 1. The van der Waals surface area contributed by atoms with Crippen LogP contribution in [0.3, 0.4) is 0 Å². The number of aromatic nitrogens is 3. The first-order chi connectivity index (χ1) is 18.9. The third-order valence-electron chi connectivity index (χ3n) is 7.31. The van der Waals surface area contributed by atoms with Gasteiger partial charge in [0.1, 0.15) is 18.1 Å². The van der Waals surface area contributed by atoms with E-state index in [1.54, 1.807) is 23.7 Å². The highest BCUT2D eigenvalue weighted by Gasteiger charge is 2.34. The van der Waals surface area contributed by atoms with E-state index >= 15 is 0 Å². The molecule has 1 fully saturated rings. The fourth-order valence-electron chi connectivity index (χ4n) is 5.24. The van der Waals surface area contributed by atoms with E-state index < -0.39 is 17.5 Å². The summed E-state index contributed by atoms with van der Waals surface area (Å²) in [6.07, 6.45) is 2.34. The van der Waals surface area contributed by atoms with Gasteiger partial charge >= 0.3 is 0 Å². The van der Waals surface area contributed by atoms with Crippen molar-refractivity contribution in [1.82, 2.24) is 14.5 Å². The zero-order chi connectivity index (χ0) is 27.1. The molecule has 9 nitrogen and oxygen atoms in total. The first kappa shape index (κ1) is 24.6. The number of nitrogens with zero attached hydrogens (tertiary/aromatic N) is 5. The molecule has 4 heterocycles. The highest BCUT2D eigenvalue weighted by molar-refractivity contribution is 6.47. The maximum Gasteiger partial charge on any atom is 0.298 e. The number of halogens is 1. The van der Waals surface area contributed by atoms with Gasteiger partial charge in [0.15, 0.2) is 5.82 Å². The monoisotopic (exact) mass is 526 g/mol. The normalized spacial score (nSPS) is 16.2. The zero-order valence-electron chi connectivity index (χ0n) is 21.6. The molecule has 198 valence electrons. The van der Waals surface area contributed by atoms with Gasteiger partial charge in [-0.3, -0.25) is 9.59 Å². The molecule has 4 aromatic rings. The Balaban J connectivity index is 1.18. The number of Topliss-reactive ketones (excluding diaryl/α,β-unsaturated/α-hetero) is 1. The number of anilines is 3. The second-order valence-electron chi connectivity index (χ2n) is 9.74. The molecule has 0 spiro atoms. The summed E-state index contributed by atoms with van der Waals surface area (Å²) in [6, 6.07) is 17.0. The minimum absolute atomic E-state index is 0.0684. The van der Waals surface area contributed by atoms with E-state index in [0.717, 1.165) is 22.5 Å². The molecule has 2 aromatic heterocycles. The second kappa shape index (κ2) is 9.86. The Kier molecular flexibility index (Phi) is 6.22. The van der Waals surface area contributed by atoms with Crippen LogP contribution in [0.2, 0.25) is 0 Å². The van der Waals surface area contributed by atoms with Gasteiger partial charge in [-0.05, 0) is 30.7 Å². The summed E-state index contributed by atoms with van der Waals surface area (Å²) in [6.45, 7) is 4.36. The molecule has 0 aliphatic carbocycles. The molecular formula is C29H27FN6O3. The molecule has 6 rings (SSSR count). The molecule has 0 bridgehead atoms. The lowest BCUT2D eigenvalue weighted by Crippen LogP contribution is -2.57. The van der Waals surface area contributed by atoms with E-state index in [1.165, 1.54) is 12.4 Å². The standard InChI is InChI=1S/C29H27FN6O3/c1-18-12-23(19-6-4-3-5-7-19)26(34(18)2)27(37)28(38)33-21-8-9-24-25(13-21)39-17-22-16-35(10-11-36(22)24)29-31-14-20(30)15-32-29/h3-9,12-15,22H,10-11,16-17H2,1-2H3,(H,33,38). The molecule has 2 aliphatic heterocycles. The van der Waals surface area contributed by atoms with Crippen molar-refractivity contribution in [2.75, 3.05) is 41.4 Å². The lowest BCUT2D eigenvalue weighted by atomic mass is 10.0. The zero-order valence-corrected chi connectivity index (χ0v) is 21.6. The summed E-state index contributed by atoms with van der Waals surface area (Å²) >= 11 is 0. The Morgan fingerprint density at radius 3 is 2.59 bits per heavy atom. The Morgan fingerprint density at radius 1 is 1.05 bits per heavy atom. The molecule has 1 amide bonds. The largest absolute Gasteiger partial charge is 0.489 e. The molecule has 1 unspecified atom stereocenters. The number of nitrogens with one attached hydrogen (secondary N) is 1. The average Bonchev–Trinajstić information content (AvgIpc) is 3.26. The van der Waals surface area contributed by atoms with Crippen LogP contribution in [0.4, 0.5) is 21.7 Å². The number of hydrogen-bond acceptors (Lipinski definition) is 7. The van der Waals surface area contributed by atoms with Gasteiger partial charge in [-0.1, -0.05) is 30.3 Å². The number of fused-ring (bicyclic) bond motifs is 3. The van der Waals surface area contributed by atoms with Crippen LogP contribution in [-0.4, -0.2) is 58.5 Å². The van der Waals surface area contributed by atoms with Gasteiger partial charge in [-0.25, -0.2) is 14.4 Å². The fraction of sp³-hybridized carbons (Fsp3) is 0.241. The summed E-state index contributed by atoms with van der Waals surface area (Å²) in [7, 11) is 1.79. The maximum absolute atomic E-state index is 13.3. The summed E-state index contributed by atoms with van der Waals surface area (Å²) < 4.78 is 21.0. The van der Waals surface area contributed by atoms with Crippen molar-refractivity contribution in [2.24, 2.45) is 7.05 Å². The number of ketones is 1. The first-order valence-corrected chi connectivity index (χ1v) is 12.7. The van der Waals surface area contributed by atoms with Gasteiger partial charge in [0.2, 0.25) is 5.95 Å². The molecule has 1 atom stereocenters. The summed E-state index contributed by atoms with van der Waals surface area (Å²) in [5, 5.41) is 2.75. The predicted octanol–water partition coefficient (Wildman–Crippen LogP) is 3.84. The first-order valence-electron chi connectivity index (χ1n) is 12.7. The summed E-state index contributed by atoms with van der Waals surface area (Å²) in [4.78, 5) is 38.9. The molecule has 1 saturated heterocycles. The topological polar surface area (TPSA) is 92.6 Å². The van der Waals surface area contributed by atoms with Crippen molar-refractivity contribution in [2.45, 2.75) is 13.0 Å². The lowest BCUT2D eigenvalue weighted by Gasteiger charge is -2.45. The number of carbonyl (C=O) groups is 2. The molecule has 2 aromatic carbocycles. The van der Waals surface area contributed by atoms with Crippen LogP contribution in [0.5, 0.6) is 5.75 Å². The van der Waals surface area contributed by atoms with Crippen LogP contribution < -0.4 is 19.9 Å². The van der Waals surface area contributed by atoms with Crippen LogP contribution in [0.1, 0.15) is 16.2 Å². The van der Waals surface area contributed by atoms with E-state index in [4.69, 9.17) is 4.74 Å². The third kappa shape index (κ3) is 4.58. The third-order valence-corrected chi connectivity index (χ3v) is 7.31. The number of piperazine rings is 1. The molecular weight excluding hydrogens is 499 g/mol. The maximum atomic E-state index is 13.3.